The van der Waals surface area contributed by atoms with Gasteiger partial charge in [0.1, 0.15) is 5.02 Å². The molecule has 0 amide bonds. The molecule has 0 radical (unpaired) electrons. The number of hydrogen-bond acceptors (Lipinski definition) is 4. The van der Waals surface area contributed by atoms with Crippen molar-refractivity contribution in [3.63, 3.8) is 0 Å². The van der Waals surface area contributed by atoms with Crippen LogP contribution in [0, 0.1) is 5.92 Å². The van der Waals surface area contributed by atoms with E-state index in [9.17, 15) is 0 Å². The van der Waals surface area contributed by atoms with Gasteiger partial charge in [-0.3, -0.25) is 0 Å². The molecule has 2 atom stereocenters. The third kappa shape index (κ3) is 2.71. The molecule has 2 heterocycles. The summed E-state index contributed by atoms with van der Waals surface area (Å²) < 4.78 is 0. The normalized spacial score (nSPS) is 25.6. The lowest BCUT2D eigenvalue weighted by Crippen LogP contribution is -2.35. The molecule has 0 spiro atoms. The number of fused-ring (bicyclic) bond motifs is 1. The highest BCUT2D eigenvalue weighted by atomic mass is 35.5. The van der Waals surface area contributed by atoms with E-state index < -0.39 is 0 Å². The molecular formula is C15H23ClN4. The third-order valence-corrected chi connectivity index (χ3v) is 4.81. The van der Waals surface area contributed by atoms with Crippen LogP contribution >= 0.6 is 11.6 Å². The summed E-state index contributed by atoms with van der Waals surface area (Å²) in [5.74, 6) is 2.46. The lowest BCUT2D eigenvalue weighted by molar-refractivity contribution is 0.341. The molecule has 0 bridgehead atoms. The Bertz CT molecular complexity index is 465. The molecule has 2 fully saturated rings. The van der Waals surface area contributed by atoms with E-state index in [1.54, 1.807) is 6.20 Å². The van der Waals surface area contributed by atoms with Gasteiger partial charge in [-0.2, -0.15) is 4.98 Å². The van der Waals surface area contributed by atoms with Crippen molar-refractivity contribution < 1.29 is 0 Å². The number of hydrogen-bond donors (Lipinski definition) is 1. The average Bonchev–Trinajstić information content (AvgIpc) is 2.90. The zero-order valence-corrected chi connectivity index (χ0v) is 12.9. The topological polar surface area (TPSA) is 41.1 Å². The Labute approximate surface area is 125 Å². The maximum atomic E-state index is 6.35. The maximum Gasteiger partial charge on any atom is 0.224 e. The van der Waals surface area contributed by atoms with Crippen LogP contribution in [0.25, 0.3) is 0 Å². The van der Waals surface area contributed by atoms with Crippen LogP contribution in [0.5, 0.6) is 0 Å². The lowest BCUT2D eigenvalue weighted by atomic mass is 9.85. The van der Waals surface area contributed by atoms with Crippen molar-refractivity contribution in [2.24, 2.45) is 5.92 Å². The summed E-state index contributed by atoms with van der Waals surface area (Å²) in [6.07, 6.45) is 9.45. The van der Waals surface area contributed by atoms with Crippen molar-refractivity contribution >= 4 is 23.4 Å². The molecule has 5 heteroatoms. The lowest BCUT2D eigenvalue weighted by Gasteiger charge is -2.32. The smallest absolute Gasteiger partial charge is 0.224 e. The molecule has 1 N–H and O–H groups in total. The minimum absolute atomic E-state index is 0.634. The molecule has 2 unspecified atom stereocenters. The number of nitrogens with one attached hydrogen (secondary N) is 1. The highest BCUT2D eigenvalue weighted by Gasteiger charge is 2.37. The predicted molar refractivity (Wildman–Crippen MR) is 83.5 cm³/mol. The van der Waals surface area contributed by atoms with E-state index in [0.29, 0.717) is 17.0 Å². The fourth-order valence-electron chi connectivity index (χ4n) is 3.55. The average molecular weight is 295 g/mol. The minimum Gasteiger partial charge on any atom is -0.354 e. The molecule has 2 aliphatic rings. The number of nitrogens with zero attached hydrogens (tertiary/aromatic N) is 3. The van der Waals surface area contributed by atoms with Crippen molar-refractivity contribution in [2.75, 3.05) is 23.3 Å². The predicted octanol–water partition coefficient (Wildman–Crippen LogP) is 3.72. The zero-order chi connectivity index (χ0) is 13.9. The fourth-order valence-corrected chi connectivity index (χ4v) is 3.75. The van der Waals surface area contributed by atoms with Gasteiger partial charge in [-0.05, 0) is 31.6 Å². The highest BCUT2D eigenvalue weighted by Crippen LogP contribution is 2.40. The van der Waals surface area contributed by atoms with Crippen LogP contribution < -0.4 is 10.2 Å². The summed E-state index contributed by atoms with van der Waals surface area (Å²) in [7, 11) is 0. The summed E-state index contributed by atoms with van der Waals surface area (Å²) in [6.45, 7) is 4.11. The van der Waals surface area contributed by atoms with Crippen LogP contribution in [0.2, 0.25) is 5.02 Å². The van der Waals surface area contributed by atoms with Crippen molar-refractivity contribution in [3.8, 4) is 0 Å². The van der Waals surface area contributed by atoms with E-state index in [4.69, 9.17) is 11.6 Å². The van der Waals surface area contributed by atoms with E-state index in [0.717, 1.165) is 31.2 Å². The Hall–Kier alpha value is -1.03. The number of halogens is 1. The molecule has 20 heavy (non-hydrogen) atoms. The first-order chi connectivity index (χ1) is 9.79. The van der Waals surface area contributed by atoms with Crippen molar-refractivity contribution in [3.05, 3.63) is 11.2 Å². The minimum atomic E-state index is 0.634. The quantitative estimate of drug-likeness (QED) is 0.919. The van der Waals surface area contributed by atoms with Gasteiger partial charge in [0.25, 0.3) is 0 Å². The number of aromatic nitrogens is 2. The van der Waals surface area contributed by atoms with Crippen LogP contribution in [-0.4, -0.2) is 29.1 Å². The van der Waals surface area contributed by atoms with Gasteiger partial charge >= 0.3 is 0 Å². The molecule has 1 aliphatic heterocycles. The van der Waals surface area contributed by atoms with Gasteiger partial charge in [-0.15, -0.1) is 0 Å². The van der Waals surface area contributed by atoms with Gasteiger partial charge in [-0.25, -0.2) is 4.98 Å². The van der Waals surface area contributed by atoms with E-state index in [1.807, 2.05) is 0 Å². The van der Waals surface area contributed by atoms with E-state index >= 15 is 0 Å². The molecule has 1 saturated heterocycles. The molecule has 3 rings (SSSR count). The van der Waals surface area contributed by atoms with Crippen LogP contribution in [0.4, 0.5) is 11.8 Å². The van der Waals surface area contributed by atoms with Crippen LogP contribution in [0.1, 0.15) is 45.4 Å². The summed E-state index contributed by atoms with van der Waals surface area (Å²) in [6, 6.07) is 0.634. The second-order valence-corrected chi connectivity index (χ2v) is 6.29. The van der Waals surface area contributed by atoms with Gasteiger partial charge in [0.2, 0.25) is 5.95 Å². The van der Waals surface area contributed by atoms with Gasteiger partial charge in [0.15, 0.2) is 5.82 Å². The molecule has 4 nitrogen and oxygen atoms in total. The largest absolute Gasteiger partial charge is 0.354 e. The molecular weight excluding hydrogens is 272 g/mol. The monoisotopic (exact) mass is 294 g/mol. The van der Waals surface area contributed by atoms with Crippen molar-refractivity contribution in [2.45, 2.75) is 51.5 Å². The highest BCUT2D eigenvalue weighted by molar-refractivity contribution is 6.32. The van der Waals surface area contributed by atoms with E-state index in [1.165, 1.54) is 32.1 Å². The summed E-state index contributed by atoms with van der Waals surface area (Å²) >= 11 is 6.35. The van der Waals surface area contributed by atoms with Crippen molar-refractivity contribution in [1.29, 1.82) is 0 Å². The second kappa shape index (κ2) is 6.17. The first-order valence-corrected chi connectivity index (χ1v) is 8.20. The number of rotatable bonds is 4. The molecule has 1 saturated carbocycles. The third-order valence-electron chi connectivity index (χ3n) is 4.54. The van der Waals surface area contributed by atoms with Crippen molar-refractivity contribution in [1.82, 2.24) is 9.97 Å². The first kappa shape index (κ1) is 13.9. The Morgan fingerprint density at radius 2 is 2.20 bits per heavy atom. The fraction of sp³-hybridized carbons (Fsp3) is 0.733. The van der Waals surface area contributed by atoms with Crippen LogP contribution in [0.3, 0.4) is 0 Å². The molecule has 110 valence electrons. The maximum absolute atomic E-state index is 6.35. The second-order valence-electron chi connectivity index (χ2n) is 5.89. The van der Waals surface area contributed by atoms with Gasteiger partial charge in [-0.1, -0.05) is 31.4 Å². The van der Waals surface area contributed by atoms with Gasteiger partial charge in [0.05, 0.1) is 6.20 Å². The molecule has 1 aromatic heterocycles. The van der Waals surface area contributed by atoms with Crippen LogP contribution in [-0.2, 0) is 0 Å². The zero-order valence-electron chi connectivity index (χ0n) is 12.1. The Kier molecular flexibility index (Phi) is 4.29. The molecule has 1 aliphatic carbocycles. The summed E-state index contributed by atoms with van der Waals surface area (Å²) in [4.78, 5) is 11.3. The SMILES string of the molecule is CCCNc1ncc(Cl)c(N2CCC3CCCCC32)n1. The van der Waals surface area contributed by atoms with Crippen LogP contribution in [0.15, 0.2) is 6.20 Å². The Morgan fingerprint density at radius 1 is 1.35 bits per heavy atom. The Morgan fingerprint density at radius 3 is 3.05 bits per heavy atom. The summed E-state index contributed by atoms with van der Waals surface area (Å²) in [5.41, 5.74) is 0. The molecule has 1 aromatic rings. The summed E-state index contributed by atoms with van der Waals surface area (Å²) in [5, 5.41) is 3.93. The van der Waals surface area contributed by atoms with Gasteiger partial charge < -0.3 is 10.2 Å². The first-order valence-electron chi connectivity index (χ1n) is 7.82. The van der Waals surface area contributed by atoms with Gasteiger partial charge in [0, 0.05) is 19.1 Å². The number of anilines is 2. The molecule has 0 aromatic carbocycles. The van der Waals surface area contributed by atoms with E-state index in [-0.39, 0.29) is 0 Å². The standard InChI is InChI=1S/C15H23ClN4/c1-2-8-17-15-18-10-12(16)14(19-15)20-9-7-11-5-3-4-6-13(11)20/h10-11,13H,2-9H2,1H3,(H,17,18,19). The Balaban J connectivity index is 1.81. The van der Waals surface area contributed by atoms with E-state index in [2.05, 4.69) is 27.1 Å².